The maximum atomic E-state index is 12.9. The van der Waals surface area contributed by atoms with E-state index in [-0.39, 0.29) is 17.2 Å². The van der Waals surface area contributed by atoms with Crippen LogP contribution in [0.2, 0.25) is 0 Å². The van der Waals surface area contributed by atoms with E-state index in [2.05, 4.69) is 17.2 Å². The molecule has 0 atom stereocenters. The summed E-state index contributed by atoms with van der Waals surface area (Å²) in [6.07, 6.45) is 2.86. The lowest BCUT2D eigenvalue weighted by Gasteiger charge is -2.43. The van der Waals surface area contributed by atoms with Crippen molar-refractivity contribution in [2.75, 3.05) is 19.5 Å². The highest BCUT2D eigenvalue weighted by Crippen LogP contribution is 2.44. The number of alkyl halides is 2. The molecular weight excluding hydrogens is 394 g/mol. The predicted molar refractivity (Wildman–Crippen MR) is 106 cm³/mol. The van der Waals surface area contributed by atoms with E-state index in [1.165, 1.54) is 25.3 Å². The van der Waals surface area contributed by atoms with Gasteiger partial charge in [-0.05, 0) is 25.0 Å². The Labute approximate surface area is 172 Å². The average Bonchev–Trinajstić information content (AvgIpc) is 3.15. The molecule has 1 amide bonds. The molecule has 0 aromatic carbocycles. The number of aromatic nitrogens is 3. The van der Waals surface area contributed by atoms with Gasteiger partial charge in [-0.3, -0.25) is 4.79 Å². The number of pyridine rings is 2. The summed E-state index contributed by atoms with van der Waals surface area (Å²) in [5, 5.41) is 2.69. The van der Waals surface area contributed by atoms with Crippen molar-refractivity contribution in [2.45, 2.75) is 37.7 Å². The largest absolute Gasteiger partial charge is 0.493 e. The number of carbonyl (C=O) groups is 1. The molecule has 1 N–H and O–H groups in total. The Morgan fingerprint density at radius 3 is 2.70 bits per heavy atom. The van der Waals surface area contributed by atoms with Crippen molar-refractivity contribution in [3.8, 4) is 5.75 Å². The quantitative estimate of drug-likeness (QED) is 0.657. The van der Waals surface area contributed by atoms with E-state index in [4.69, 9.17) is 14.5 Å². The average molecular weight is 416 g/mol. The highest BCUT2D eigenvalue weighted by atomic mass is 19.3. The molecule has 4 rings (SSSR count). The first-order chi connectivity index (χ1) is 14.3. The minimum atomic E-state index is -2.75. The Bertz CT molecular complexity index is 1090. The van der Waals surface area contributed by atoms with Crippen LogP contribution in [0.25, 0.3) is 5.65 Å². The summed E-state index contributed by atoms with van der Waals surface area (Å²) in [5.74, 6) is -0.104. The third kappa shape index (κ3) is 3.60. The fraction of sp³-hybridized carbons (Fsp3) is 0.381. The normalized spacial score (nSPS) is 20.9. The van der Waals surface area contributed by atoms with Crippen LogP contribution in [0.5, 0.6) is 5.75 Å². The van der Waals surface area contributed by atoms with Crippen LogP contribution in [-0.4, -0.2) is 40.6 Å². The lowest BCUT2D eigenvalue weighted by atomic mass is 9.66. The molecule has 7 nitrogen and oxygen atoms in total. The summed E-state index contributed by atoms with van der Waals surface area (Å²) < 4.78 is 38.4. The van der Waals surface area contributed by atoms with Crippen molar-refractivity contribution in [1.29, 1.82) is 0 Å². The Morgan fingerprint density at radius 1 is 1.27 bits per heavy atom. The smallest absolute Gasteiger partial charge is 0.280 e. The van der Waals surface area contributed by atoms with Crippen LogP contribution in [0.15, 0.2) is 36.7 Å². The Balaban J connectivity index is 1.62. The monoisotopic (exact) mass is 416 g/mol. The van der Waals surface area contributed by atoms with Crippen LogP contribution in [0.4, 0.5) is 14.5 Å². The molecule has 0 bridgehead atoms. The second kappa shape index (κ2) is 7.64. The summed E-state index contributed by atoms with van der Waals surface area (Å²) in [6, 6.07) is 5.58. The fourth-order valence-corrected chi connectivity index (χ4v) is 3.79. The fourth-order valence-electron chi connectivity index (χ4n) is 3.79. The van der Waals surface area contributed by atoms with Crippen LogP contribution >= 0.6 is 0 Å². The van der Waals surface area contributed by atoms with E-state index in [0.717, 1.165) is 18.5 Å². The number of anilines is 1. The SMILES string of the molecule is COc1cc(NC(=O)c2cccc(C(F)F)n2)cn2cc([C@]3(C)C[C@@H](OC)C3)nc12. The van der Waals surface area contributed by atoms with Gasteiger partial charge in [0.05, 0.1) is 24.6 Å². The first-order valence-electron chi connectivity index (χ1n) is 9.49. The maximum absolute atomic E-state index is 12.9. The number of hydrogen-bond donors (Lipinski definition) is 1. The number of hydrogen-bond acceptors (Lipinski definition) is 5. The van der Waals surface area contributed by atoms with E-state index < -0.39 is 18.0 Å². The van der Waals surface area contributed by atoms with Gasteiger partial charge in [-0.25, -0.2) is 18.7 Å². The van der Waals surface area contributed by atoms with Crippen LogP contribution in [0.1, 0.15) is 48.1 Å². The molecule has 0 unspecified atom stereocenters. The van der Waals surface area contributed by atoms with Gasteiger partial charge in [0.15, 0.2) is 11.4 Å². The number of ether oxygens (including phenoxy) is 2. The zero-order valence-corrected chi connectivity index (χ0v) is 16.9. The lowest BCUT2D eigenvalue weighted by Crippen LogP contribution is -2.43. The molecule has 1 fully saturated rings. The van der Waals surface area contributed by atoms with Gasteiger partial charge in [0.25, 0.3) is 12.3 Å². The molecule has 0 saturated heterocycles. The minimum absolute atomic E-state index is 0.0826. The molecule has 3 aromatic rings. The number of halogens is 2. The third-order valence-electron chi connectivity index (χ3n) is 5.53. The molecular formula is C21H22F2N4O3. The van der Waals surface area contributed by atoms with Crippen molar-refractivity contribution < 1.29 is 23.0 Å². The number of imidazole rings is 1. The summed E-state index contributed by atoms with van der Waals surface area (Å²) >= 11 is 0. The molecule has 30 heavy (non-hydrogen) atoms. The second-order valence-electron chi connectivity index (χ2n) is 7.68. The van der Waals surface area contributed by atoms with Crippen molar-refractivity contribution in [3.05, 3.63) is 53.7 Å². The topological polar surface area (TPSA) is 77.8 Å². The Kier molecular flexibility index (Phi) is 5.15. The first kappa shape index (κ1) is 20.2. The summed E-state index contributed by atoms with van der Waals surface area (Å²) in [7, 11) is 3.23. The molecule has 9 heteroatoms. The molecule has 1 saturated carbocycles. The van der Waals surface area contributed by atoms with Gasteiger partial charge in [-0.15, -0.1) is 0 Å². The molecule has 1 aliphatic carbocycles. The molecule has 0 aliphatic heterocycles. The standard InChI is InChI=1S/C21H22F2N4O3/c1-21(8-13(9-21)29-2)17-11-27-10-12(7-16(30-3)19(27)26-17)24-20(28)15-6-4-5-14(25-15)18(22)23/h4-7,10-11,13,18H,8-9H2,1-3H3,(H,24,28)/t13-,21-. The molecule has 3 heterocycles. The highest BCUT2D eigenvalue weighted by Gasteiger charge is 2.43. The molecule has 158 valence electrons. The minimum Gasteiger partial charge on any atom is -0.493 e. The molecule has 1 aliphatic rings. The number of carbonyl (C=O) groups excluding carboxylic acids is 1. The zero-order valence-electron chi connectivity index (χ0n) is 16.9. The number of fused-ring (bicyclic) bond motifs is 1. The van der Waals surface area contributed by atoms with Gasteiger partial charge in [0.2, 0.25) is 0 Å². The molecule has 0 spiro atoms. The van der Waals surface area contributed by atoms with Gasteiger partial charge < -0.3 is 19.2 Å². The second-order valence-corrected chi connectivity index (χ2v) is 7.68. The number of rotatable bonds is 6. The van der Waals surface area contributed by atoms with Gasteiger partial charge in [-0.1, -0.05) is 13.0 Å². The van der Waals surface area contributed by atoms with Crippen molar-refractivity contribution in [2.24, 2.45) is 0 Å². The van der Waals surface area contributed by atoms with Crippen molar-refractivity contribution in [1.82, 2.24) is 14.4 Å². The number of nitrogens with zero attached hydrogens (tertiary/aromatic N) is 3. The van der Waals surface area contributed by atoms with E-state index in [1.807, 2.05) is 6.20 Å². The van der Waals surface area contributed by atoms with Gasteiger partial charge in [-0.2, -0.15) is 0 Å². The summed E-state index contributed by atoms with van der Waals surface area (Å²) in [5.41, 5.74) is 1.37. The molecule has 0 radical (unpaired) electrons. The van der Waals surface area contributed by atoms with Crippen molar-refractivity contribution in [3.63, 3.8) is 0 Å². The number of amides is 1. The van der Waals surface area contributed by atoms with Crippen LogP contribution < -0.4 is 10.1 Å². The van der Waals surface area contributed by atoms with Gasteiger partial charge in [0.1, 0.15) is 11.4 Å². The van der Waals surface area contributed by atoms with E-state index in [0.29, 0.717) is 17.1 Å². The zero-order chi connectivity index (χ0) is 21.5. The van der Waals surface area contributed by atoms with E-state index >= 15 is 0 Å². The van der Waals surface area contributed by atoms with E-state index in [9.17, 15) is 13.6 Å². The van der Waals surface area contributed by atoms with Gasteiger partial charge in [0, 0.05) is 31.0 Å². The van der Waals surface area contributed by atoms with Crippen molar-refractivity contribution >= 4 is 17.2 Å². The lowest BCUT2D eigenvalue weighted by molar-refractivity contribution is -0.0126. The summed E-state index contributed by atoms with van der Waals surface area (Å²) in [6.45, 7) is 2.14. The third-order valence-corrected chi connectivity index (χ3v) is 5.53. The summed E-state index contributed by atoms with van der Waals surface area (Å²) in [4.78, 5) is 21.0. The first-order valence-corrected chi connectivity index (χ1v) is 9.49. The number of nitrogens with one attached hydrogen (secondary N) is 1. The Morgan fingerprint density at radius 2 is 2.03 bits per heavy atom. The predicted octanol–water partition coefficient (Wildman–Crippen LogP) is 3.99. The Hall–Kier alpha value is -3.07. The van der Waals surface area contributed by atoms with Crippen LogP contribution in [-0.2, 0) is 10.2 Å². The maximum Gasteiger partial charge on any atom is 0.280 e. The molecule has 3 aromatic heterocycles. The van der Waals surface area contributed by atoms with Crippen LogP contribution in [0.3, 0.4) is 0 Å². The highest BCUT2D eigenvalue weighted by molar-refractivity contribution is 6.03. The van der Waals surface area contributed by atoms with E-state index in [1.54, 1.807) is 23.8 Å². The van der Waals surface area contributed by atoms with Crippen LogP contribution in [0, 0.1) is 0 Å². The van der Waals surface area contributed by atoms with Gasteiger partial charge >= 0.3 is 0 Å². The number of methoxy groups -OCH3 is 2.